The van der Waals surface area contributed by atoms with Gasteiger partial charge < -0.3 is 9.22 Å². The van der Waals surface area contributed by atoms with Crippen molar-refractivity contribution in [3.63, 3.8) is 0 Å². The lowest BCUT2D eigenvalue weighted by molar-refractivity contribution is -0.114. The lowest BCUT2D eigenvalue weighted by Gasteiger charge is -2.39. The van der Waals surface area contributed by atoms with Crippen LogP contribution in [0, 0.1) is 17.3 Å². The zero-order chi connectivity index (χ0) is 19.4. The topological polar surface area (TPSA) is 26.3 Å². The van der Waals surface area contributed by atoms with Crippen LogP contribution in [0.25, 0.3) is 0 Å². The Labute approximate surface area is 165 Å². The lowest BCUT2D eigenvalue weighted by atomic mass is 9.77. The molecule has 0 aliphatic heterocycles. The summed E-state index contributed by atoms with van der Waals surface area (Å²) in [5.41, 5.74) is 1.12. The summed E-state index contributed by atoms with van der Waals surface area (Å²) in [4.78, 5) is 11.7. The number of carbonyl (C=O) groups is 1. The standard InChI is InChI=1S/C24H30O2Si/c1-18-15-19(17-25)22(16-18)23(24(2,3)4)26-27(20-11-7-5-8-12-20)21-13-9-6-10-14-21/h5-14,17,19,22-23,27H,1,15-16H2,2-4H3/t19-,22+,23?/m0/s1. The van der Waals surface area contributed by atoms with Crippen molar-refractivity contribution in [1.29, 1.82) is 0 Å². The zero-order valence-electron chi connectivity index (χ0n) is 16.6. The number of carbonyl (C=O) groups excluding carboxylic acids is 1. The molecular weight excluding hydrogens is 348 g/mol. The molecule has 1 unspecified atom stereocenters. The summed E-state index contributed by atoms with van der Waals surface area (Å²) in [6.45, 7) is 10.8. The van der Waals surface area contributed by atoms with Crippen LogP contribution in [0.15, 0.2) is 72.8 Å². The van der Waals surface area contributed by atoms with E-state index in [9.17, 15) is 4.79 Å². The molecule has 1 aliphatic rings. The van der Waals surface area contributed by atoms with E-state index in [0.717, 1.165) is 19.1 Å². The second kappa shape index (κ2) is 8.36. The molecule has 0 saturated heterocycles. The van der Waals surface area contributed by atoms with Crippen molar-refractivity contribution in [2.75, 3.05) is 0 Å². The molecule has 2 nitrogen and oxygen atoms in total. The van der Waals surface area contributed by atoms with E-state index >= 15 is 0 Å². The Hall–Kier alpha value is -1.97. The monoisotopic (exact) mass is 378 g/mol. The third-order valence-corrected chi connectivity index (χ3v) is 8.05. The van der Waals surface area contributed by atoms with Crippen LogP contribution < -0.4 is 10.4 Å². The number of hydrogen-bond donors (Lipinski definition) is 0. The number of aldehydes is 1. The Balaban J connectivity index is 1.98. The van der Waals surface area contributed by atoms with Crippen LogP contribution in [0.2, 0.25) is 0 Å². The molecule has 1 aliphatic carbocycles. The van der Waals surface area contributed by atoms with E-state index in [1.165, 1.54) is 15.9 Å². The third-order valence-electron chi connectivity index (χ3n) is 5.50. The molecule has 0 N–H and O–H groups in total. The minimum Gasteiger partial charge on any atom is -0.407 e. The summed E-state index contributed by atoms with van der Waals surface area (Å²) in [7, 11) is -1.87. The minimum absolute atomic E-state index is 0.0166. The Bertz CT molecular complexity index is 724. The second-order valence-corrected chi connectivity index (χ2v) is 11.1. The maximum atomic E-state index is 11.7. The van der Waals surface area contributed by atoms with Crippen LogP contribution in [0.3, 0.4) is 0 Å². The molecule has 2 aromatic rings. The fourth-order valence-corrected chi connectivity index (χ4v) is 6.98. The Morgan fingerprint density at radius 2 is 1.52 bits per heavy atom. The summed E-state index contributed by atoms with van der Waals surface area (Å²) < 4.78 is 6.99. The summed E-state index contributed by atoms with van der Waals surface area (Å²) in [5.74, 6) is 0.223. The van der Waals surface area contributed by atoms with Gasteiger partial charge in [0.1, 0.15) is 6.29 Å². The first kappa shape index (κ1) is 19.8. The van der Waals surface area contributed by atoms with Gasteiger partial charge in [-0.05, 0) is 34.5 Å². The molecule has 27 heavy (non-hydrogen) atoms. The zero-order valence-corrected chi connectivity index (χ0v) is 17.8. The highest BCUT2D eigenvalue weighted by Crippen LogP contribution is 2.42. The SMILES string of the molecule is C=C1C[C@@H](C=O)[C@H](C(O[SiH](c2ccccc2)c2ccccc2)C(C)(C)C)C1. The van der Waals surface area contributed by atoms with Crippen molar-refractivity contribution < 1.29 is 9.22 Å². The fraction of sp³-hybridized carbons (Fsp3) is 0.375. The molecule has 2 aromatic carbocycles. The molecule has 0 spiro atoms. The van der Waals surface area contributed by atoms with Gasteiger partial charge in [-0.3, -0.25) is 0 Å². The van der Waals surface area contributed by atoms with E-state index in [0.29, 0.717) is 0 Å². The first-order chi connectivity index (χ1) is 12.9. The van der Waals surface area contributed by atoms with E-state index < -0.39 is 9.04 Å². The minimum atomic E-state index is -1.87. The fourth-order valence-electron chi connectivity index (χ4n) is 4.23. The van der Waals surface area contributed by atoms with Gasteiger partial charge in [-0.1, -0.05) is 93.6 Å². The summed E-state index contributed by atoms with van der Waals surface area (Å²) in [6.07, 6.45) is 2.82. The molecule has 0 aromatic heterocycles. The molecule has 0 heterocycles. The third kappa shape index (κ3) is 4.66. The molecule has 0 bridgehead atoms. The molecule has 142 valence electrons. The summed E-state index contributed by atoms with van der Waals surface area (Å²) >= 11 is 0. The highest BCUT2D eigenvalue weighted by Gasteiger charge is 2.42. The number of hydrogen-bond acceptors (Lipinski definition) is 2. The van der Waals surface area contributed by atoms with Gasteiger partial charge in [0, 0.05) is 5.92 Å². The van der Waals surface area contributed by atoms with Crippen molar-refractivity contribution in [3.8, 4) is 0 Å². The second-order valence-electron chi connectivity index (χ2n) is 8.75. The van der Waals surface area contributed by atoms with Gasteiger partial charge >= 0.3 is 0 Å². The lowest BCUT2D eigenvalue weighted by Crippen LogP contribution is -2.52. The van der Waals surface area contributed by atoms with E-state index in [2.05, 4.69) is 75.9 Å². The number of rotatable bonds is 6. The Kier molecular flexibility index (Phi) is 6.13. The Morgan fingerprint density at radius 3 is 1.96 bits per heavy atom. The van der Waals surface area contributed by atoms with E-state index in [-0.39, 0.29) is 23.4 Å². The molecule has 0 radical (unpaired) electrons. The van der Waals surface area contributed by atoms with E-state index in [4.69, 9.17) is 4.43 Å². The predicted octanol–water partition coefficient (Wildman–Crippen LogP) is 3.74. The maximum absolute atomic E-state index is 11.7. The molecule has 3 atom stereocenters. The van der Waals surface area contributed by atoms with Gasteiger partial charge in [-0.25, -0.2) is 0 Å². The van der Waals surface area contributed by atoms with Crippen molar-refractivity contribution in [3.05, 3.63) is 72.8 Å². The summed E-state index contributed by atoms with van der Waals surface area (Å²) in [6, 6.07) is 21.1. The average molecular weight is 379 g/mol. The first-order valence-corrected chi connectivity index (χ1v) is 11.4. The van der Waals surface area contributed by atoms with Crippen molar-refractivity contribution in [2.24, 2.45) is 17.3 Å². The predicted molar refractivity (Wildman–Crippen MR) is 115 cm³/mol. The van der Waals surface area contributed by atoms with Crippen LogP contribution in [0.4, 0.5) is 0 Å². The first-order valence-electron chi connectivity index (χ1n) is 9.77. The van der Waals surface area contributed by atoms with Crippen LogP contribution in [0.1, 0.15) is 33.6 Å². The quantitative estimate of drug-likeness (QED) is 0.435. The highest BCUT2D eigenvalue weighted by molar-refractivity contribution is 6.80. The van der Waals surface area contributed by atoms with Crippen LogP contribution in [-0.4, -0.2) is 21.4 Å². The number of benzene rings is 2. The van der Waals surface area contributed by atoms with Gasteiger partial charge in [0.25, 0.3) is 0 Å². The molecule has 1 saturated carbocycles. The number of allylic oxidation sites excluding steroid dienone is 1. The molecule has 0 amide bonds. The van der Waals surface area contributed by atoms with Crippen LogP contribution in [-0.2, 0) is 9.22 Å². The maximum Gasteiger partial charge on any atom is 0.240 e. The van der Waals surface area contributed by atoms with Crippen LogP contribution >= 0.6 is 0 Å². The van der Waals surface area contributed by atoms with Gasteiger partial charge in [-0.15, -0.1) is 0 Å². The van der Waals surface area contributed by atoms with Gasteiger partial charge in [0.15, 0.2) is 0 Å². The van der Waals surface area contributed by atoms with E-state index in [1.54, 1.807) is 0 Å². The normalized spacial score (nSPS) is 21.4. The van der Waals surface area contributed by atoms with Gasteiger partial charge in [-0.2, -0.15) is 0 Å². The average Bonchev–Trinajstić information content (AvgIpc) is 3.03. The summed E-state index contributed by atoms with van der Waals surface area (Å²) in [5, 5.41) is 2.55. The van der Waals surface area contributed by atoms with Gasteiger partial charge in [0.2, 0.25) is 9.04 Å². The van der Waals surface area contributed by atoms with Crippen molar-refractivity contribution in [1.82, 2.24) is 0 Å². The van der Waals surface area contributed by atoms with E-state index in [1.807, 2.05) is 12.1 Å². The molecular formula is C24H30O2Si. The van der Waals surface area contributed by atoms with Crippen molar-refractivity contribution in [2.45, 2.75) is 39.7 Å². The van der Waals surface area contributed by atoms with Gasteiger partial charge in [0.05, 0.1) is 6.10 Å². The van der Waals surface area contributed by atoms with Crippen molar-refractivity contribution >= 4 is 25.7 Å². The highest BCUT2D eigenvalue weighted by atomic mass is 28.3. The largest absolute Gasteiger partial charge is 0.407 e. The van der Waals surface area contributed by atoms with Crippen LogP contribution in [0.5, 0.6) is 0 Å². The molecule has 1 fully saturated rings. The Morgan fingerprint density at radius 1 is 1.00 bits per heavy atom. The molecule has 3 rings (SSSR count). The smallest absolute Gasteiger partial charge is 0.240 e. The molecule has 3 heteroatoms.